The number of ether oxygens (including phenoxy) is 2. The Balaban J connectivity index is 4.33. The first-order valence-corrected chi connectivity index (χ1v) is 8.66. The lowest BCUT2D eigenvalue weighted by Gasteiger charge is -2.17. The molecular weight excluding hydrogens is 432 g/mol. The normalized spacial score (nSPS) is 13.0. The van der Waals surface area contributed by atoms with Gasteiger partial charge in [-0.3, -0.25) is 9.59 Å². The van der Waals surface area contributed by atoms with Crippen LogP contribution in [0.15, 0.2) is 0 Å². The van der Waals surface area contributed by atoms with Gasteiger partial charge in [0.15, 0.2) is 0 Å². The van der Waals surface area contributed by atoms with Crippen LogP contribution in [-0.4, -0.2) is 53.4 Å². The number of hydrogen-bond donors (Lipinski definition) is 0. The highest BCUT2D eigenvalue weighted by Gasteiger charge is 2.51. The molecule has 0 bridgehead atoms. The molecule has 0 aliphatic carbocycles. The van der Waals surface area contributed by atoms with E-state index in [9.17, 15) is 36.7 Å². The van der Waals surface area contributed by atoms with Crippen molar-refractivity contribution in [2.24, 2.45) is 0 Å². The first-order valence-electron chi connectivity index (χ1n) is 7.74. The van der Waals surface area contributed by atoms with Gasteiger partial charge in [-0.05, 0) is 26.2 Å². The van der Waals surface area contributed by atoms with E-state index >= 15 is 0 Å². The zero-order chi connectivity index (χ0) is 20.5. The van der Waals surface area contributed by atoms with Gasteiger partial charge in [-0.25, -0.2) is 9.59 Å². The van der Waals surface area contributed by atoms with E-state index in [1.807, 2.05) is 0 Å². The van der Waals surface area contributed by atoms with Crippen LogP contribution in [0.3, 0.4) is 0 Å². The topological polar surface area (TPSA) is 86.7 Å². The molecule has 0 rings (SSSR count). The Morgan fingerprint density at radius 3 is 1.96 bits per heavy atom. The lowest BCUT2D eigenvalue weighted by molar-refractivity contribution is -0.177. The van der Waals surface area contributed by atoms with E-state index in [4.69, 9.17) is 0 Å². The maximum absolute atomic E-state index is 13.5. The van der Waals surface area contributed by atoms with E-state index in [1.165, 1.54) is 13.8 Å². The quantitative estimate of drug-likeness (QED) is 0.149. The van der Waals surface area contributed by atoms with Crippen molar-refractivity contribution >= 4 is 39.4 Å². The fourth-order valence-electron chi connectivity index (χ4n) is 1.67. The van der Waals surface area contributed by atoms with E-state index in [0.29, 0.717) is 0 Å². The van der Waals surface area contributed by atoms with Gasteiger partial charge >= 0.3 is 23.8 Å². The third-order valence-electron chi connectivity index (χ3n) is 3.14. The highest BCUT2D eigenvalue weighted by molar-refractivity contribution is 9.10. The standard InChI is InChI=1S/C15H19BrF4O6/c1-3-10(21)14(17,18)12(23)26-8-6-5-7-9(16)11(22)15(19,20)13(24)25-4-2/h9H,3-8H2,1-2H3. The molecule has 0 N–H and O–H groups in total. The number of rotatable bonds is 12. The number of hydrogen-bond acceptors (Lipinski definition) is 6. The van der Waals surface area contributed by atoms with Gasteiger partial charge < -0.3 is 9.47 Å². The summed E-state index contributed by atoms with van der Waals surface area (Å²) in [7, 11) is 0. The van der Waals surface area contributed by atoms with Gasteiger partial charge in [0.25, 0.3) is 0 Å². The van der Waals surface area contributed by atoms with Gasteiger partial charge in [0.2, 0.25) is 11.6 Å². The first-order chi connectivity index (χ1) is 11.9. The molecular formula is C15H19BrF4O6. The van der Waals surface area contributed by atoms with E-state index in [0.717, 1.165) is 0 Å². The molecule has 0 aromatic heterocycles. The van der Waals surface area contributed by atoms with Gasteiger partial charge in [-0.15, -0.1) is 0 Å². The van der Waals surface area contributed by atoms with E-state index < -0.39 is 53.2 Å². The number of unbranched alkanes of at least 4 members (excludes halogenated alkanes) is 1. The summed E-state index contributed by atoms with van der Waals surface area (Å²) in [5, 5.41) is 0. The maximum Gasteiger partial charge on any atom is 0.400 e. The summed E-state index contributed by atoms with van der Waals surface area (Å²) in [5.41, 5.74) is 0. The third-order valence-corrected chi connectivity index (χ3v) is 4.01. The lowest BCUT2D eigenvalue weighted by Crippen LogP contribution is -2.43. The van der Waals surface area contributed by atoms with Crippen LogP contribution < -0.4 is 0 Å². The van der Waals surface area contributed by atoms with E-state index in [2.05, 4.69) is 25.4 Å². The molecule has 1 unspecified atom stereocenters. The zero-order valence-corrected chi connectivity index (χ0v) is 15.7. The Labute approximate surface area is 155 Å². The molecule has 26 heavy (non-hydrogen) atoms. The maximum atomic E-state index is 13.5. The molecule has 0 radical (unpaired) electrons. The predicted molar refractivity (Wildman–Crippen MR) is 84.4 cm³/mol. The van der Waals surface area contributed by atoms with Gasteiger partial charge in [-0.2, -0.15) is 17.6 Å². The van der Waals surface area contributed by atoms with Crippen molar-refractivity contribution in [1.82, 2.24) is 0 Å². The fourth-order valence-corrected chi connectivity index (χ4v) is 2.28. The average molecular weight is 451 g/mol. The second kappa shape index (κ2) is 10.6. The Morgan fingerprint density at radius 2 is 1.46 bits per heavy atom. The van der Waals surface area contributed by atoms with Crippen LogP contribution in [0.4, 0.5) is 17.6 Å². The summed E-state index contributed by atoms with van der Waals surface area (Å²) in [5.74, 6) is -15.7. The molecule has 0 saturated carbocycles. The highest BCUT2D eigenvalue weighted by Crippen LogP contribution is 2.25. The van der Waals surface area contributed by atoms with Crippen molar-refractivity contribution in [3.8, 4) is 0 Å². The fraction of sp³-hybridized carbons (Fsp3) is 0.733. The highest BCUT2D eigenvalue weighted by atomic mass is 79.9. The molecule has 0 aromatic rings. The molecule has 11 heteroatoms. The molecule has 150 valence electrons. The van der Waals surface area contributed by atoms with Crippen LogP contribution >= 0.6 is 15.9 Å². The number of alkyl halides is 5. The SMILES string of the molecule is CCOC(=O)C(F)(F)C(=O)C(Br)CCCCOC(=O)C(F)(F)C(=O)CC. The van der Waals surface area contributed by atoms with E-state index in [1.54, 1.807) is 0 Å². The summed E-state index contributed by atoms with van der Waals surface area (Å²) in [6, 6.07) is 0. The zero-order valence-electron chi connectivity index (χ0n) is 14.2. The van der Waals surface area contributed by atoms with Crippen LogP contribution in [0.1, 0.15) is 39.5 Å². The summed E-state index contributed by atoms with van der Waals surface area (Å²) in [6.07, 6.45) is -0.649. The molecule has 0 fully saturated rings. The summed E-state index contributed by atoms with van der Waals surface area (Å²) in [4.78, 5) is 43.3. The molecule has 1 atom stereocenters. The van der Waals surface area contributed by atoms with Crippen LogP contribution in [0.2, 0.25) is 0 Å². The number of halogens is 5. The van der Waals surface area contributed by atoms with E-state index in [-0.39, 0.29) is 25.9 Å². The predicted octanol–water partition coefficient (Wildman–Crippen LogP) is 2.85. The van der Waals surface area contributed by atoms with Gasteiger partial charge in [0.1, 0.15) is 0 Å². The number of Topliss-reactive ketones (excluding diaryl/α,β-unsaturated/α-hetero) is 2. The van der Waals surface area contributed by atoms with Crippen molar-refractivity contribution in [1.29, 1.82) is 0 Å². The van der Waals surface area contributed by atoms with Crippen molar-refractivity contribution in [2.75, 3.05) is 13.2 Å². The molecule has 0 aliphatic heterocycles. The summed E-state index contributed by atoms with van der Waals surface area (Å²) >= 11 is 2.73. The molecule has 6 nitrogen and oxygen atoms in total. The Hall–Kier alpha value is -1.52. The second-order valence-corrected chi connectivity index (χ2v) is 6.21. The minimum atomic E-state index is -4.31. The summed E-state index contributed by atoms with van der Waals surface area (Å²) < 4.78 is 61.9. The average Bonchev–Trinajstić information content (AvgIpc) is 2.59. The van der Waals surface area contributed by atoms with Crippen LogP contribution in [-0.2, 0) is 28.7 Å². The lowest BCUT2D eigenvalue weighted by atomic mass is 10.1. The van der Waals surface area contributed by atoms with Gasteiger partial charge in [0, 0.05) is 6.42 Å². The number of esters is 2. The number of ketones is 2. The van der Waals surface area contributed by atoms with Crippen molar-refractivity contribution in [3.05, 3.63) is 0 Å². The Morgan fingerprint density at radius 1 is 0.923 bits per heavy atom. The first kappa shape index (κ1) is 24.5. The van der Waals surface area contributed by atoms with Crippen molar-refractivity contribution in [2.45, 2.75) is 56.2 Å². The van der Waals surface area contributed by atoms with Gasteiger partial charge in [-0.1, -0.05) is 22.9 Å². The molecule has 0 spiro atoms. The number of carbonyl (C=O) groups excluding carboxylic acids is 4. The molecule has 0 heterocycles. The van der Waals surface area contributed by atoms with Crippen molar-refractivity contribution < 1.29 is 46.2 Å². The molecule has 0 saturated heterocycles. The minimum Gasteiger partial charge on any atom is -0.461 e. The number of carbonyl (C=O) groups is 4. The second-order valence-electron chi connectivity index (χ2n) is 5.11. The Bertz CT molecular complexity index is 538. The third kappa shape index (κ3) is 6.65. The smallest absolute Gasteiger partial charge is 0.400 e. The van der Waals surface area contributed by atoms with Crippen LogP contribution in [0, 0.1) is 0 Å². The molecule has 0 amide bonds. The summed E-state index contributed by atoms with van der Waals surface area (Å²) in [6.45, 7) is 1.69. The van der Waals surface area contributed by atoms with Crippen LogP contribution in [0.25, 0.3) is 0 Å². The Kier molecular flexibility index (Phi) is 9.97. The van der Waals surface area contributed by atoms with Crippen molar-refractivity contribution in [3.63, 3.8) is 0 Å². The van der Waals surface area contributed by atoms with Crippen LogP contribution in [0.5, 0.6) is 0 Å². The largest absolute Gasteiger partial charge is 0.461 e. The van der Waals surface area contributed by atoms with Gasteiger partial charge in [0.05, 0.1) is 18.0 Å². The monoisotopic (exact) mass is 450 g/mol. The molecule has 0 aromatic carbocycles. The minimum absolute atomic E-state index is 0.0114. The molecule has 0 aliphatic rings.